The van der Waals surface area contributed by atoms with Crippen molar-refractivity contribution in [3.63, 3.8) is 0 Å². The number of fused-ring (bicyclic) bond motifs is 2. The maximum absolute atomic E-state index is 12.5. The van der Waals surface area contributed by atoms with E-state index in [2.05, 4.69) is 29.6 Å². The van der Waals surface area contributed by atoms with Gasteiger partial charge in [-0.3, -0.25) is 4.79 Å². The van der Waals surface area contributed by atoms with Crippen molar-refractivity contribution in [2.45, 2.75) is 38.1 Å². The van der Waals surface area contributed by atoms with Gasteiger partial charge in [-0.05, 0) is 48.9 Å². The highest BCUT2D eigenvalue weighted by Gasteiger charge is 2.25. The number of hydrogen-bond acceptors (Lipinski definition) is 2. The third-order valence-corrected chi connectivity index (χ3v) is 4.94. The number of carbonyl (C=O) groups is 1. The van der Waals surface area contributed by atoms with Gasteiger partial charge >= 0.3 is 0 Å². The molecule has 122 valence electrons. The molecule has 0 fully saturated rings. The molecule has 2 atom stereocenters. The Morgan fingerprint density at radius 1 is 1.21 bits per heavy atom. The van der Waals surface area contributed by atoms with Gasteiger partial charge in [0, 0.05) is 11.8 Å². The number of amides is 1. The zero-order valence-corrected chi connectivity index (χ0v) is 13.8. The first kappa shape index (κ1) is 15.0. The zero-order valence-electron chi connectivity index (χ0n) is 13.8. The van der Waals surface area contributed by atoms with Gasteiger partial charge in [-0.25, -0.2) is 0 Å². The molecule has 1 aromatic heterocycles. The summed E-state index contributed by atoms with van der Waals surface area (Å²) in [7, 11) is 0. The lowest BCUT2D eigenvalue weighted by molar-refractivity contribution is -0.122. The van der Waals surface area contributed by atoms with E-state index in [-0.39, 0.29) is 11.9 Å². The molecule has 1 aliphatic carbocycles. The third kappa shape index (κ3) is 2.82. The summed E-state index contributed by atoms with van der Waals surface area (Å²) in [5, 5.41) is 4.15. The van der Waals surface area contributed by atoms with Crippen LogP contribution in [0.15, 0.2) is 59.0 Å². The molecule has 1 amide bonds. The van der Waals surface area contributed by atoms with E-state index >= 15 is 0 Å². The van der Waals surface area contributed by atoms with Crippen molar-refractivity contribution in [2.75, 3.05) is 0 Å². The molecule has 1 N–H and O–H groups in total. The van der Waals surface area contributed by atoms with Gasteiger partial charge < -0.3 is 9.73 Å². The highest BCUT2D eigenvalue weighted by molar-refractivity contribution is 5.79. The molecule has 0 bridgehead atoms. The number of hydrogen-bond donors (Lipinski definition) is 1. The van der Waals surface area contributed by atoms with E-state index in [0.717, 1.165) is 29.6 Å². The van der Waals surface area contributed by atoms with E-state index in [1.807, 2.05) is 37.3 Å². The van der Waals surface area contributed by atoms with Crippen LogP contribution in [0.2, 0.25) is 0 Å². The average molecular weight is 319 g/mol. The molecule has 0 radical (unpaired) electrons. The van der Waals surface area contributed by atoms with Gasteiger partial charge in [0.25, 0.3) is 0 Å². The molecule has 2 aromatic carbocycles. The molecule has 3 aromatic rings. The van der Waals surface area contributed by atoms with Crippen molar-refractivity contribution >= 4 is 16.9 Å². The van der Waals surface area contributed by atoms with Crippen LogP contribution in [0.5, 0.6) is 0 Å². The van der Waals surface area contributed by atoms with Gasteiger partial charge in [-0.2, -0.15) is 0 Å². The van der Waals surface area contributed by atoms with Gasteiger partial charge in [0.2, 0.25) is 5.91 Å². The second kappa shape index (κ2) is 6.16. The molecular formula is C21H21NO2. The summed E-state index contributed by atoms with van der Waals surface area (Å²) in [4.78, 5) is 12.5. The standard InChI is InChI=1S/C21H21NO2/c1-14(20-12-17-7-3-5-9-19(17)24-20)22-21(23)13-16-11-10-15-6-2-4-8-18(15)16/h2-9,12,14,16H,10-11,13H2,1H3,(H,22,23). The molecule has 24 heavy (non-hydrogen) atoms. The van der Waals surface area contributed by atoms with Crippen molar-refractivity contribution in [1.82, 2.24) is 5.32 Å². The fourth-order valence-electron chi connectivity index (χ4n) is 3.67. The molecule has 1 heterocycles. The van der Waals surface area contributed by atoms with E-state index in [1.54, 1.807) is 0 Å². The maximum atomic E-state index is 12.5. The van der Waals surface area contributed by atoms with Crippen LogP contribution in [-0.4, -0.2) is 5.91 Å². The Kier molecular flexibility index (Phi) is 3.85. The first-order chi connectivity index (χ1) is 11.7. The predicted octanol–water partition coefficient (Wildman–Crippen LogP) is 4.73. The Morgan fingerprint density at radius 2 is 2.00 bits per heavy atom. The fraction of sp³-hybridized carbons (Fsp3) is 0.286. The molecule has 3 heteroatoms. The minimum atomic E-state index is -0.124. The molecule has 2 unspecified atom stereocenters. The van der Waals surface area contributed by atoms with Crippen molar-refractivity contribution in [2.24, 2.45) is 0 Å². The average Bonchev–Trinajstić information content (AvgIpc) is 3.19. The van der Waals surface area contributed by atoms with E-state index in [4.69, 9.17) is 4.42 Å². The van der Waals surface area contributed by atoms with Crippen molar-refractivity contribution in [1.29, 1.82) is 0 Å². The molecule has 0 saturated carbocycles. The first-order valence-corrected chi connectivity index (χ1v) is 8.56. The molecular weight excluding hydrogens is 298 g/mol. The lowest BCUT2D eigenvalue weighted by Gasteiger charge is -2.15. The molecule has 0 saturated heterocycles. The Balaban J connectivity index is 1.42. The summed E-state index contributed by atoms with van der Waals surface area (Å²) >= 11 is 0. The van der Waals surface area contributed by atoms with Crippen LogP contribution >= 0.6 is 0 Å². The number of aryl methyl sites for hydroxylation is 1. The van der Waals surface area contributed by atoms with Gasteiger partial charge in [-0.15, -0.1) is 0 Å². The quantitative estimate of drug-likeness (QED) is 0.755. The number of para-hydroxylation sites is 1. The van der Waals surface area contributed by atoms with Crippen LogP contribution in [0.1, 0.15) is 48.6 Å². The van der Waals surface area contributed by atoms with Gasteiger partial charge in [0.15, 0.2) is 0 Å². The largest absolute Gasteiger partial charge is 0.459 e. The smallest absolute Gasteiger partial charge is 0.221 e. The van der Waals surface area contributed by atoms with Crippen LogP contribution in [0, 0.1) is 0 Å². The third-order valence-electron chi connectivity index (χ3n) is 4.94. The van der Waals surface area contributed by atoms with Crippen molar-refractivity contribution in [3.8, 4) is 0 Å². The Hall–Kier alpha value is -2.55. The number of carbonyl (C=O) groups excluding carboxylic acids is 1. The van der Waals surface area contributed by atoms with Crippen LogP contribution in [-0.2, 0) is 11.2 Å². The molecule has 0 spiro atoms. The number of rotatable bonds is 4. The second-order valence-electron chi connectivity index (χ2n) is 6.61. The highest BCUT2D eigenvalue weighted by Crippen LogP contribution is 2.35. The van der Waals surface area contributed by atoms with Crippen LogP contribution in [0.4, 0.5) is 0 Å². The number of nitrogens with one attached hydrogen (secondary N) is 1. The second-order valence-corrected chi connectivity index (χ2v) is 6.61. The summed E-state index contributed by atoms with van der Waals surface area (Å²) in [6.07, 6.45) is 2.68. The topological polar surface area (TPSA) is 42.2 Å². The Bertz CT molecular complexity index is 847. The van der Waals surface area contributed by atoms with Gasteiger partial charge in [0.1, 0.15) is 11.3 Å². The molecule has 4 rings (SSSR count). The van der Waals surface area contributed by atoms with Crippen molar-refractivity contribution < 1.29 is 9.21 Å². The number of furan rings is 1. The van der Waals surface area contributed by atoms with Crippen LogP contribution in [0.3, 0.4) is 0 Å². The number of benzene rings is 2. The van der Waals surface area contributed by atoms with E-state index in [0.29, 0.717) is 12.3 Å². The minimum Gasteiger partial charge on any atom is -0.459 e. The SMILES string of the molecule is CC(NC(=O)CC1CCc2ccccc21)c1cc2ccccc2o1. The lowest BCUT2D eigenvalue weighted by Crippen LogP contribution is -2.27. The molecule has 3 nitrogen and oxygen atoms in total. The Labute approximate surface area is 141 Å². The molecule has 0 aliphatic heterocycles. The van der Waals surface area contributed by atoms with Crippen molar-refractivity contribution in [3.05, 3.63) is 71.5 Å². The highest BCUT2D eigenvalue weighted by atomic mass is 16.3. The normalized spacial score (nSPS) is 17.6. The summed E-state index contributed by atoms with van der Waals surface area (Å²) in [6.45, 7) is 1.97. The maximum Gasteiger partial charge on any atom is 0.221 e. The monoisotopic (exact) mass is 319 g/mol. The zero-order chi connectivity index (χ0) is 16.5. The first-order valence-electron chi connectivity index (χ1n) is 8.56. The minimum absolute atomic E-state index is 0.0876. The van der Waals surface area contributed by atoms with E-state index in [9.17, 15) is 4.79 Å². The molecule has 1 aliphatic rings. The summed E-state index contributed by atoms with van der Waals surface area (Å²) in [5.74, 6) is 1.23. The lowest BCUT2D eigenvalue weighted by atomic mass is 9.97. The Morgan fingerprint density at radius 3 is 2.88 bits per heavy atom. The summed E-state index contributed by atoms with van der Waals surface area (Å²) in [6, 6.07) is 18.3. The van der Waals surface area contributed by atoms with Crippen LogP contribution in [0.25, 0.3) is 11.0 Å². The summed E-state index contributed by atoms with van der Waals surface area (Å²) < 4.78 is 5.84. The van der Waals surface area contributed by atoms with Gasteiger partial charge in [0.05, 0.1) is 6.04 Å². The van der Waals surface area contributed by atoms with Crippen LogP contribution < -0.4 is 5.32 Å². The fourth-order valence-corrected chi connectivity index (χ4v) is 3.67. The predicted molar refractivity (Wildman–Crippen MR) is 94.9 cm³/mol. The van der Waals surface area contributed by atoms with Gasteiger partial charge in [-0.1, -0.05) is 42.5 Å². The summed E-state index contributed by atoms with van der Waals surface area (Å²) in [5.41, 5.74) is 3.59. The van der Waals surface area contributed by atoms with E-state index < -0.39 is 0 Å². The van der Waals surface area contributed by atoms with E-state index in [1.165, 1.54) is 11.1 Å².